The van der Waals surface area contributed by atoms with Crippen molar-refractivity contribution in [2.45, 2.75) is 24.7 Å². The minimum Gasteiger partial charge on any atom is -0.468 e. The Kier molecular flexibility index (Phi) is 4.37. The molecule has 0 spiro atoms. The standard InChI is InChI=1S/C18H17NO4/c1-22-18(21)16(11-20)15-5-3-2-4-12(15)8-9-14-10-17(19-23-14)13-6-7-13/h2-5,8-11,13,16H,6-7H2,1H3. The third kappa shape index (κ3) is 3.39. The highest BCUT2D eigenvalue weighted by Crippen LogP contribution is 2.39. The quantitative estimate of drug-likeness (QED) is 0.465. The topological polar surface area (TPSA) is 69.4 Å². The molecule has 0 amide bonds. The van der Waals surface area contributed by atoms with E-state index in [1.165, 1.54) is 20.0 Å². The Morgan fingerprint density at radius 2 is 2.13 bits per heavy atom. The first kappa shape index (κ1) is 15.2. The average molecular weight is 311 g/mol. The van der Waals surface area contributed by atoms with Gasteiger partial charge >= 0.3 is 5.97 Å². The summed E-state index contributed by atoms with van der Waals surface area (Å²) in [5.74, 6) is -0.316. The third-order valence-corrected chi connectivity index (χ3v) is 3.89. The lowest BCUT2D eigenvalue weighted by Crippen LogP contribution is -2.16. The van der Waals surface area contributed by atoms with E-state index in [4.69, 9.17) is 4.52 Å². The van der Waals surface area contributed by atoms with Gasteiger partial charge in [0.05, 0.1) is 12.8 Å². The van der Waals surface area contributed by atoms with Gasteiger partial charge < -0.3 is 14.1 Å². The summed E-state index contributed by atoms with van der Waals surface area (Å²) in [6, 6.07) is 9.13. The number of ether oxygens (including phenoxy) is 1. The molecule has 0 aliphatic heterocycles. The summed E-state index contributed by atoms with van der Waals surface area (Å²) in [5, 5.41) is 4.05. The number of carbonyl (C=O) groups is 2. The lowest BCUT2D eigenvalue weighted by Gasteiger charge is -2.11. The molecule has 3 rings (SSSR count). The van der Waals surface area contributed by atoms with Crippen LogP contribution >= 0.6 is 0 Å². The first-order chi connectivity index (χ1) is 11.2. The van der Waals surface area contributed by atoms with Gasteiger partial charge in [0.2, 0.25) is 0 Å². The van der Waals surface area contributed by atoms with Gasteiger partial charge in [-0.05, 0) is 30.0 Å². The average Bonchev–Trinajstić information content (AvgIpc) is 3.33. The van der Waals surface area contributed by atoms with E-state index in [2.05, 4.69) is 9.89 Å². The second-order valence-corrected chi connectivity index (χ2v) is 5.53. The van der Waals surface area contributed by atoms with E-state index in [0.29, 0.717) is 23.5 Å². The maximum atomic E-state index is 11.7. The van der Waals surface area contributed by atoms with Crippen LogP contribution in [0.5, 0.6) is 0 Å². The van der Waals surface area contributed by atoms with Gasteiger partial charge in [-0.25, -0.2) is 0 Å². The highest BCUT2D eigenvalue weighted by Gasteiger charge is 2.26. The second kappa shape index (κ2) is 6.60. The van der Waals surface area contributed by atoms with E-state index in [9.17, 15) is 9.59 Å². The molecular formula is C18H17NO4. The Labute approximate surface area is 133 Å². The number of methoxy groups -OCH3 is 1. The molecule has 0 N–H and O–H groups in total. The van der Waals surface area contributed by atoms with Crippen LogP contribution in [0.2, 0.25) is 0 Å². The molecule has 1 saturated carbocycles. The molecule has 1 unspecified atom stereocenters. The van der Waals surface area contributed by atoms with Gasteiger partial charge in [-0.15, -0.1) is 0 Å². The number of aromatic nitrogens is 1. The maximum absolute atomic E-state index is 11.7. The van der Waals surface area contributed by atoms with Gasteiger partial charge in [-0.3, -0.25) is 4.79 Å². The van der Waals surface area contributed by atoms with Gasteiger partial charge in [0, 0.05) is 12.0 Å². The fraction of sp³-hybridized carbons (Fsp3) is 0.278. The van der Waals surface area contributed by atoms with Crippen LogP contribution in [0.1, 0.15) is 47.3 Å². The largest absolute Gasteiger partial charge is 0.468 e. The predicted octanol–water partition coefficient (Wildman–Crippen LogP) is 3.18. The summed E-state index contributed by atoms with van der Waals surface area (Å²) >= 11 is 0. The number of rotatable bonds is 6. The molecule has 118 valence electrons. The van der Waals surface area contributed by atoms with E-state index in [0.717, 1.165) is 11.3 Å². The van der Waals surface area contributed by atoms with E-state index in [1.807, 2.05) is 24.3 Å². The van der Waals surface area contributed by atoms with Crippen LogP contribution in [0.15, 0.2) is 34.9 Å². The van der Waals surface area contributed by atoms with Crippen molar-refractivity contribution in [3.05, 3.63) is 52.9 Å². The zero-order valence-electron chi connectivity index (χ0n) is 12.8. The summed E-state index contributed by atoms with van der Waals surface area (Å²) in [5.41, 5.74) is 2.35. The Morgan fingerprint density at radius 3 is 2.83 bits per heavy atom. The molecule has 1 atom stereocenters. The van der Waals surface area contributed by atoms with Crippen molar-refractivity contribution in [3.8, 4) is 0 Å². The third-order valence-electron chi connectivity index (χ3n) is 3.89. The highest BCUT2D eigenvalue weighted by molar-refractivity contribution is 5.95. The van der Waals surface area contributed by atoms with Crippen molar-refractivity contribution >= 4 is 24.4 Å². The second-order valence-electron chi connectivity index (χ2n) is 5.53. The van der Waals surface area contributed by atoms with E-state index < -0.39 is 11.9 Å². The van der Waals surface area contributed by atoms with E-state index >= 15 is 0 Å². The van der Waals surface area contributed by atoms with Gasteiger partial charge in [0.1, 0.15) is 12.2 Å². The summed E-state index contributed by atoms with van der Waals surface area (Å²) < 4.78 is 9.97. The number of nitrogens with zero attached hydrogens (tertiary/aromatic N) is 1. The van der Waals surface area contributed by atoms with Crippen LogP contribution in [0.25, 0.3) is 12.2 Å². The van der Waals surface area contributed by atoms with Crippen LogP contribution in [-0.2, 0) is 14.3 Å². The summed E-state index contributed by atoms with van der Waals surface area (Å²) in [6.45, 7) is 0. The number of aldehydes is 1. The van der Waals surface area contributed by atoms with Crippen LogP contribution in [0.3, 0.4) is 0 Å². The SMILES string of the molecule is COC(=O)C(C=O)c1ccccc1C=Cc1cc(C2CC2)no1. The first-order valence-corrected chi connectivity index (χ1v) is 7.49. The van der Waals surface area contributed by atoms with Crippen LogP contribution in [-0.4, -0.2) is 24.5 Å². The van der Waals surface area contributed by atoms with Crippen molar-refractivity contribution in [1.29, 1.82) is 0 Å². The zero-order valence-corrected chi connectivity index (χ0v) is 12.8. The van der Waals surface area contributed by atoms with Gasteiger partial charge in [-0.1, -0.05) is 35.5 Å². The molecule has 1 fully saturated rings. The van der Waals surface area contributed by atoms with E-state index in [1.54, 1.807) is 18.2 Å². The Hall–Kier alpha value is -2.69. The summed E-state index contributed by atoms with van der Waals surface area (Å²) in [4.78, 5) is 23.0. The van der Waals surface area contributed by atoms with Crippen LogP contribution in [0, 0.1) is 0 Å². The zero-order chi connectivity index (χ0) is 16.2. The Balaban J connectivity index is 1.85. The smallest absolute Gasteiger partial charge is 0.320 e. The predicted molar refractivity (Wildman–Crippen MR) is 84.7 cm³/mol. The van der Waals surface area contributed by atoms with Gasteiger partial charge in [0.25, 0.3) is 0 Å². The summed E-state index contributed by atoms with van der Waals surface area (Å²) in [7, 11) is 1.27. The number of hydrogen-bond acceptors (Lipinski definition) is 5. The number of esters is 1. The molecule has 2 aromatic rings. The molecule has 5 nitrogen and oxygen atoms in total. The number of hydrogen-bond donors (Lipinski definition) is 0. The van der Waals surface area contributed by atoms with Crippen LogP contribution < -0.4 is 0 Å². The van der Waals surface area contributed by atoms with Crippen molar-refractivity contribution in [3.63, 3.8) is 0 Å². The van der Waals surface area contributed by atoms with Gasteiger partial charge in [0.15, 0.2) is 5.76 Å². The van der Waals surface area contributed by atoms with E-state index in [-0.39, 0.29) is 0 Å². The summed E-state index contributed by atoms with van der Waals surface area (Å²) in [6.07, 6.45) is 6.53. The molecule has 1 aliphatic carbocycles. The minimum atomic E-state index is -0.933. The lowest BCUT2D eigenvalue weighted by molar-refractivity contribution is -0.143. The number of benzene rings is 1. The fourth-order valence-corrected chi connectivity index (χ4v) is 2.45. The lowest BCUT2D eigenvalue weighted by atomic mass is 9.95. The monoisotopic (exact) mass is 311 g/mol. The fourth-order valence-electron chi connectivity index (χ4n) is 2.45. The maximum Gasteiger partial charge on any atom is 0.320 e. The number of carbonyl (C=O) groups excluding carboxylic acids is 2. The molecule has 1 heterocycles. The van der Waals surface area contributed by atoms with Crippen molar-refractivity contribution in [1.82, 2.24) is 5.16 Å². The molecule has 23 heavy (non-hydrogen) atoms. The molecule has 0 saturated heterocycles. The molecular weight excluding hydrogens is 294 g/mol. The highest BCUT2D eigenvalue weighted by atomic mass is 16.5. The molecule has 1 aromatic heterocycles. The molecule has 1 aliphatic rings. The molecule has 5 heteroatoms. The molecule has 0 bridgehead atoms. The van der Waals surface area contributed by atoms with Crippen LogP contribution in [0.4, 0.5) is 0 Å². The minimum absolute atomic E-state index is 0.534. The van der Waals surface area contributed by atoms with Crippen molar-refractivity contribution < 1.29 is 18.8 Å². The Bertz CT molecular complexity index is 743. The molecule has 0 radical (unpaired) electrons. The normalized spacial score (nSPS) is 15.5. The van der Waals surface area contributed by atoms with Crippen molar-refractivity contribution in [2.24, 2.45) is 0 Å². The first-order valence-electron chi connectivity index (χ1n) is 7.49. The molecule has 1 aromatic carbocycles. The van der Waals surface area contributed by atoms with Crippen molar-refractivity contribution in [2.75, 3.05) is 7.11 Å². The van der Waals surface area contributed by atoms with Gasteiger partial charge in [-0.2, -0.15) is 0 Å². The Morgan fingerprint density at radius 1 is 1.35 bits per heavy atom.